The minimum Gasteiger partial charge on any atom is -0.338 e. The van der Waals surface area contributed by atoms with Crippen LogP contribution in [0.5, 0.6) is 0 Å². The summed E-state index contributed by atoms with van der Waals surface area (Å²) in [6.45, 7) is 9.18. The fourth-order valence-corrected chi connectivity index (χ4v) is 1.32. The average molecular weight is 209 g/mol. The molecule has 0 unspecified atom stereocenters. The number of nitrogens with one attached hydrogen (secondary N) is 1. The van der Waals surface area contributed by atoms with Gasteiger partial charge in [-0.1, -0.05) is 12.1 Å². The maximum atomic E-state index is 5.20. The van der Waals surface area contributed by atoms with Crippen LogP contribution in [0.15, 0.2) is 4.52 Å². The molecule has 0 aliphatic heterocycles. The van der Waals surface area contributed by atoms with Crippen LogP contribution in [0.1, 0.15) is 52.3 Å². The van der Waals surface area contributed by atoms with E-state index < -0.39 is 0 Å². The summed E-state index contributed by atoms with van der Waals surface area (Å²) < 4.78 is 5.20. The second kappa shape index (κ2) is 3.30. The van der Waals surface area contributed by atoms with Crippen molar-refractivity contribution in [1.29, 1.82) is 0 Å². The molecule has 2 rings (SSSR count). The van der Waals surface area contributed by atoms with Gasteiger partial charge in [0.15, 0.2) is 5.82 Å². The van der Waals surface area contributed by atoms with Crippen molar-refractivity contribution in [3.8, 4) is 0 Å². The fourth-order valence-electron chi connectivity index (χ4n) is 1.32. The standard InChI is InChI=1S/C11H19N3O/c1-10(2,3)12-7-8-13-9(14-15-8)11(4)5-6-11/h12H,5-7H2,1-4H3. The van der Waals surface area contributed by atoms with E-state index in [1.165, 1.54) is 12.8 Å². The van der Waals surface area contributed by atoms with E-state index in [-0.39, 0.29) is 11.0 Å². The number of hydrogen-bond acceptors (Lipinski definition) is 4. The van der Waals surface area contributed by atoms with Gasteiger partial charge in [-0.3, -0.25) is 0 Å². The monoisotopic (exact) mass is 209 g/mol. The van der Waals surface area contributed by atoms with Crippen LogP contribution in [0.2, 0.25) is 0 Å². The molecule has 0 aromatic carbocycles. The summed E-state index contributed by atoms with van der Waals surface area (Å²) in [4.78, 5) is 4.41. The summed E-state index contributed by atoms with van der Waals surface area (Å²) in [6.07, 6.45) is 2.36. The lowest BCUT2D eigenvalue weighted by Crippen LogP contribution is -2.35. The van der Waals surface area contributed by atoms with Gasteiger partial charge >= 0.3 is 0 Å². The summed E-state index contributed by atoms with van der Waals surface area (Å²) in [5.74, 6) is 1.56. The minimum atomic E-state index is 0.0815. The van der Waals surface area contributed by atoms with Gasteiger partial charge in [0.1, 0.15) is 0 Å². The molecule has 4 nitrogen and oxygen atoms in total. The number of rotatable bonds is 3. The second-order valence-electron chi connectivity index (χ2n) is 5.68. The Labute approximate surface area is 90.4 Å². The normalized spacial score (nSPS) is 19.2. The van der Waals surface area contributed by atoms with Crippen molar-refractivity contribution in [3.63, 3.8) is 0 Å². The summed E-state index contributed by atoms with van der Waals surface area (Å²) in [7, 11) is 0. The van der Waals surface area contributed by atoms with E-state index in [0.29, 0.717) is 12.4 Å². The number of nitrogens with zero attached hydrogens (tertiary/aromatic N) is 2. The predicted molar refractivity (Wildman–Crippen MR) is 57.5 cm³/mol. The molecule has 1 aromatic rings. The summed E-state index contributed by atoms with van der Waals surface area (Å²) in [5, 5.41) is 7.35. The molecule has 0 saturated heterocycles. The van der Waals surface area contributed by atoms with Crippen LogP contribution in [0.3, 0.4) is 0 Å². The zero-order valence-corrected chi connectivity index (χ0v) is 9.92. The predicted octanol–water partition coefficient (Wildman–Crippen LogP) is 2.01. The second-order valence-corrected chi connectivity index (χ2v) is 5.68. The first-order valence-electron chi connectivity index (χ1n) is 5.47. The lowest BCUT2D eigenvalue weighted by molar-refractivity contribution is 0.332. The van der Waals surface area contributed by atoms with Gasteiger partial charge in [-0.15, -0.1) is 0 Å². The largest absolute Gasteiger partial charge is 0.338 e. The molecule has 4 heteroatoms. The number of hydrogen-bond donors (Lipinski definition) is 1. The smallest absolute Gasteiger partial charge is 0.240 e. The summed E-state index contributed by atoms with van der Waals surface area (Å²) in [6, 6.07) is 0. The molecule has 0 bridgehead atoms. The molecular weight excluding hydrogens is 190 g/mol. The van der Waals surface area contributed by atoms with Crippen LogP contribution in [0, 0.1) is 0 Å². The lowest BCUT2D eigenvalue weighted by Gasteiger charge is -2.18. The highest BCUT2D eigenvalue weighted by Gasteiger charge is 2.43. The highest BCUT2D eigenvalue weighted by atomic mass is 16.5. The van der Waals surface area contributed by atoms with Gasteiger partial charge in [-0.2, -0.15) is 4.98 Å². The first kappa shape index (κ1) is 10.6. The average Bonchev–Trinajstić information content (AvgIpc) is 2.70. The Kier molecular flexibility index (Phi) is 2.34. The zero-order chi connectivity index (χ0) is 11.1. The molecule has 1 heterocycles. The molecular formula is C11H19N3O. The van der Waals surface area contributed by atoms with Gasteiger partial charge in [-0.05, 0) is 33.6 Å². The van der Waals surface area contributed by atoms with Crippen molar-refractivity contribution in [1.82, 2.24) is 15.5 Å². The van der Waals surface area contributed by atoms with Crippen molar-refractivity contribution in [3.05, 3.63) is 11.7 Å². The maximum Gasteiger partial charge on any atom is 0.240 e. The Morgan fingerprint density at radius 2 is 2.07 bits per heavy atom. The van der Waals surface area contributed by atoms with Crippen LogP contribution < -0.4 is 5.32 Å². The van der Waals surface area contributed by atoms with Crippen molar-refractivity contribution in [2.45, 2.75) is 58.0 Å². The third kappa shape index (κ3) is 2.56. The molecule has 0 spiro atoms. The molecule has 0 atom stereocenters. The van der Waals surface area contributed by atoms with Crippen LogP contribution in [-0.4, -0.2) is 15.7 Å². The summed E-state index contributed by atoms with van der Waals surface area (Å²) >= 11 is 0. The van der Waals surface area contributed by atoms with Crippen LogP contribution >= 0.6 is 0 Å². The summed E-state index contributed by atoms with van der Waals surface area (Å²) in [5.41, 5.74) is 0.279. The molecule has 1 saturated carbocycles. The Morgan fingerprint density at radius 3 is 2.60 bits per heavy atom. The van der Waals surface area contributed by atoms with Crippen LogP contribution in [0.25, 0.3) is 0 Å². The SMILES string of the molecule is CC(C)(C)NCc1nc(C2(C)CC2)no1. The van der Waals surface area contributed by atoms with Crippen LogP contribution in [-0.2, 0) is 12.0 Å². The topological polar surface area (TPSA) is 51.0 Å². The lowest BCUT2D eigenvalue weighted by atomic mass is 10.1. The van der Waals surface area contributed by atoms with E-state index in [9.17, 15) is 0 Å². The van der Waals surface area contributed by atoms with Gasteiger partial charge < -0.3 is 9.84 Å². The Bertz CT molecular complexity index is 347. The van der Waals surface area contributed by atoms with Gasteiger partial charge in [0.25, 0.3) is 0 Å². The molecule has 0 amide bonds. The van der Waals surface area contributed by atoms with Crippen LogP contribution in [0.4, 0.5) is 0 Å². The molecule has 1 aliphatic carbocycles. The Balaban J connectivity index is 1.96. The Morgan fingerprint density at radius 1 is 1.40 bits per heavy atom. The number of aromatic nitrogens is 2. The highest BCUT2D eigenvalue weighted by molar-refractivity contribution is 5.14. The quantitative estimate of drug-likeness (QED) is 0.827. The van der Waals surface area contributed by atoms with Gasteiger partial charge in [0, 0.05) is 11.0 Å². The van der Waals surface area contributed by atoms with Gasteiger partial charge in [-0.25, -0.2) is 0 Å². The molecule has 1 aliphatic rings. The van der Waals surface area contributed by atoms with E-state index in [4.69, 9.17) is 4.52 Å². The van der Waals surface area contributed by atoms with Gasteiger partial charge in [0.2, 0.25) is 5.89 Å². The fraction of sp³-hybridized carbons (Fsp3) is 0.818. The van der Waals surface area contributed by atoms with Crippen molar-refractivity contribution >= 4 is 0 Å². The van der Waals surface area contributed by atoms with E-state index in [1.54, 1.807) is 0 Å². The first-order chi connectivity index (χ1) is 6.89. The van der Waals surface area contributed by atoms with E-state index >= 15 is 0 Å². The maximum absolute atomic E-state index is 5.20. The molecule has 15 heavy (non-hydrogen) atoms. The van der Waals surface area contributed by atoms with Crippen molar-refractivity contribution in [2.75, 3.05) is 0 Å². The highest BCUT2D eigenvalue weighted by Crippen LogP contribution is 2.45. The third-order valence-corrected chi connectivity index (χ3v) is 2.78. The molecule has 1 fully saturated rings. The molecule has 1 N–H and O–H groups in total. The minimum absolute atomic E-state index is 0.0815. The Hall–Kier alpha value is -0.900. The van der Waals surface area contributed by atoms with Crippen molar-refractivity contribution < 1.29 is 4.52 Å². The molecule has 0 radical (unpaired) electrons. The molecule has 1 aromatic heterocycles. The van der Waals surface area contributed by atoms with E-state index in [2.05, 4.69) is 43.2 Å². The van der Waals surface area contributed by atoms with Crippen molar-refractivity contribution in [2.24, 2.45) is 0 Å². The zero-order valence-electron chi connectivity index (χ0n) is 9.92. The third-order valence-electron chi connectivity index (χ3n) is 2.78. The van der Waals surface area contributed by atoms with Gasteiger partial charge in [0.05, 0.1) is 6.54 Å². The first-order valence-corrected chi connectivity index (χ1v) is 5.47. The molecule has 84 valence electrons. The van der Waals surface area contributed by atoms with E-state index in [0.717, 1.165) is 5.82 Å². The van der Waals surface area contributed by atoms with E-state index in [1.807, 2.05) is 0 Å².